The zero-order valence-corrected chi connectivity index (χ0v) is 42.4. The van der Waals surface area contributed by atoms with E-state index in [0.29, 0.717) is 65.1 Å². The zero-order valence-electron chi connectivity index (χ0n) is 38.3. The third kappa shape index (κ3) is 12.1. The number of aromatic hydroxyl groups is 3. The lowest BCUT2D eigenvalue weighted by atomic mass is 10.1. The summed E-state index contributed by atoms with van der Waals surface area (Å²) in [6.07, 6.45) is 5.15. The molecule has 4 aromatic heterocycles. The second-order valence-corrected chi connectivity index (χ2v) is 18.8. The molecule has 19 nitrogen and oxygen atoms in total. The number of pyridine rings is 2. The Hall–Kier alpha value is -6.51. The first-order valence-corrected chi connectivity index (χ1v) is 26.2. The van der Waals surface area contributed by atoms with Crippen LogP contribution in [0.3, 0.4) is 0 Å². The van der Waals surface area contributed by atoms with E-state index in [9.17, 15) is 39.3 Å². The number of alkyl halides is 2. The van der Waals surface area contributed by atoms with Crippen LogP contribution in [0, 0.1) is 0 Å². The van der Waals surface area contributed by atoms with Crippen LogP contribution in [0.2, 0.25) is 0 Å². The Kier molecular flexibility index (Phi) is 16.5. The van der Waals surface area contributed by atoms with Gasteiger partial charge in [0, 0.05) is 47.8 Å². The maximum Gasteiger partial charge on any atom is 0.524 e. The lowest BCUT2D eigenvalue weighted by molar-refractivity contribution is -0.119. The van der Waals surface area contributed by atoms with Gasteiger partial charge in [0.15, 0.2) is 11.6 Å². The summed E-state index contributed by atoms with van der Waals surface area (Å²) in [5.41, 5.74) is 19.4. The third-order valence-electron chi connectivity index (χ3n) is 11.4. The van der Waals surface area contributed by atoms with E-state index < -0.39 is 7.82 Å². The number of nitrogens with two attached hydrogens (primary N) is 2. The van der Waals surface area contributed by atoms with Gasteiger partial charge < -0.3 is 51.1 Å². The summed E-state index contributed by atoms with van der Waals surface area (Å²) >= 11 is 6.30. The summed E-state index contributed by atoms with van der Waals surface area (Å²) in [5, 5.41) is 38.7. The summed E-state index contributed by atoms with van der Waals surface area (Å²) in [5.74, 6) is 1.99. The van der Waals surface area contributed by atoms with Crippen LogP contribution < -0.4 is 26.6 Å². The number of phosphoric acid groups is 1. The number of unbranched alkanes of at least 4 members (excludes halogenated alkanes) is 2. The van der Waals surface area contributed by atoms with E-state index in [1.165, 1.54) is 30.3 Å². The summed E-state index contributed by atoms with van der Waals surface area (Å²) in [4.78, 5) is 60.5. The molecule has 0 unspecified atom stereocenters. The summed E-state index contributed by atoms with van der Waals surface area (Å²) in [7, 11) is -4.78. The second kappa shape index (κ2) is 22.5. The number of benzene rings is 4. The van der Waals surface area contributed by atoms with E-state index in [2.05, 4.69) is 66.3 Å². The number of aromatic nitrogens is 6. The van der Waals surface area contributed by atoms with Gasteiger partial charge in [-0.25, -0.2) is 24.5 Å². The number of amides is 2. The average Bonchev–Trinajstić information content (AvgIpc) is 3.89. The van der Waals surface area contributed by atoms with Gasteiger partial charge in [-0.05, 0) is 84.6 Å². The van der Waals surface area contributed by atoms with E-state index in [4.69, 9.17) is 26.0 Å². The molecule has 11 N–H and O–H groups in total. The van der Waals surface area contributed by atoms with Crippen molar-refractivity contribution >= 4 is 107 Å². The van der Waals surface area contributed by atoms with E-state index in [1.54, 1.807) is 6.07 Å². The molecule has 0 saturated heterocycles. The number of hydrogen-bond donors (Lipinski definition) is 9. The number of aryl methyl sites for hydroxylation is 2. The number of nitrogens with zero attached hydrogens (tertiary/aromatic N) is 6. The molecular formula is C48H53Br2N10O9P. The summed E-state index contributed by atoms with van der Waals surface area (Å²) in [6.45, 7) is 5.36. The molecule has 368 valence electrons. The van der Waals surface area contributed by atoms with Crippen LogP contribution in [-0.4, -0.2) is 76.7 Å². The number of nitrogens with one attached hydrogen (secondary N) is 2. The highest BCUT2D eigenvalue weighted by Gasteiger charge is 2.22. The number of fused-ring (bicyclic) bond motifs is 6. The van der Waals surface area contributed by atoms with Gasteiger partial charge in [-0.2, -0.15) is 0 Å². The molecule has 0 aliphatic rings. The molecule has 8 rings (SSSR count). The number of rotatable bonds is 18. The number of halogens is 2. The van der Waals surface area contributed by atoms with Crippen molar-refractivity contribution in [3.05, 3.63) is 107 Å². The van der Waals surface area contributed by atoms with Crippen LogP contribution in [0.4, 0.5) is 11.6 Å². The number of carbonyl (C=O) groups excluding carboxylic acids is 2. The van der Waals surface area contributed by atoms with Crippen molar-refractivity contribution in [2.75, 3.05) is 22.1 Å². The van der Waals surface area contributed by atoms with Crippen LogP contribution in [0.1, 0.15) is 73.4 Å². The van der Waals surface area contributed by atoms with Crippen molar-refractivity contribution in [3.63, 3.8) is 0 Å². The number of phenolic OH excluding ortho intramolecular Hbond substituents is 3. The first-order valence-electron chi connectivity index (χ1n) is 22.4. The molecule has 0 spiro atoms. The highest BCUT2D eigenvalue weighted by atomic mass is 79.9. The van der Waals surface area contributed by atoms with Gasteiger partial charge in [-0.1, -0.05) is 70.7 Å². The fraction of sp³-hybridized carbons (Fsp3) is 0.292. The minimum absolute atomic E-state index is 0.0640. The van der Waals surface area contributed by atoms with Crippen LogP contribution in [0.5, 0.6) is 23.0 Å². The molecule has 2 amide bonds. The van der Waals surface area contributed by atoms with Gasteiger partial charge in [0.05, 0.1) is 45.8 Å². The maximum atomic E-state index is 11.7. The van der Waals surface area contributed by atoms with Gasteiger partial charge in [-0.3, -0.25) is 19.4 Å². The molecule has 0 atom stereocenters. The SMILES string of the molecule is CCCCc1nc2c(N)nc3ccc(CNC(=O)CBr)cc3c2n1Cc1cc(O)ccc1O.CCCCc1nc2c(N)nc3ccc(CNC(=O)CBr)cc3c2n1Cc1cc(OP(=O)(O)O)ccc1O. The Balaban J connectivity index is 0.000000208. The molecule has 22 heteroatoms. The number of carbonyl (C=O) groups is 2. The second-order valence-electron chi connectivity index (χ2n) is 16.5. The molecule has 4 heterocycles. The van der Waals surface area contributed by atoms with Gasteiger partial charge in [0.1, 0.15) is 45.7 Å². The number of nitrogen functional groups attached to an aromatic ring is 2. The summed E-state index contributed by atoms with van der Waals surface area (Å²) < 4.78 is 20.0. The van der Waals surface area contributed by atoms with Crippen LogP contribution in [-0.2, 0) is 53.2 Å². The highest BCUT2D eigenvalue weighted by molar-refractivity contribution is 9.09. The topological polar surface area (TPSA) is 299 Å². The van der Waals surface area contributed by atoms with Crippen LogP contribution in [0.15, 0.2) is 72.8 Å². The lowest BCUT2D eigenvalue weighted by Crippen LogP contribution is -2.23. The molecule has 0 saturated carbocycles. The van der Waals surface area contributed by atoms with Gasteiger partial charge in [-0.15, -0.1) is 0 Å². The maximum absolute atomic E-state index is 11.7. The minimum atomic E-state index is -4.78. The summed E-state index contributed by atoms with van der Waals surface area (Å²) in [6, 6.07) is 19.9. The van der Waals surface area contributed by atoms with E-state index in [-0.39, 0.29) is 57.8 Å². The first kappa shape index (κ1) is 51.3. The van der Waals surface area contributed by atoms with Gasteiger partial charge in [0.2, 0.25) is 11.8 Å². The fourth-order valence-corrected chi connectivity index (χ4v) is 8.82. The number of hydrogen-bond acceptors (Lipinski definition) is 13. The molecule has 8 aromatic rings. The molecule has 0 aliphatic carbocycles. The number of phenols is 3. The Morgan fingerprint density at radius 3 is 1.56 bits per heavy atom. The Morgan fingerprint density at radius 2 is 1.11 bits per heavy atom. The normalized spacial score (nSPS) is 11.6. The lowest BCUT2D eigenvalue weighted by Gasteiger charge is -2.14. The van der Waals surface area contributed by atoms with Gasteiger partial charge >= 0.3 is 7.82 Å². The predicted molar refractivity (Wildman–Crippen MR) is 276 cm³/mol. The molecular weight excluding hydrogens is 1050 g/mol. The van der Waals surface area contributed by atoms with Crippen molar-refractivity contribution < 1.29 is 43.8 Å². The van der Waals surface area contributed by atoms with Gasteiger partial charge in [0.25, 0.3) is 0 Å². The predicted octanol–water partition coefficient (Wildman–Crippen LogP) is 7.73. The Morgan fingerprint density at radius 1 is 0.657 bits per heavy atom. The molecule has 0 radical (unpaired) electrons. The van der Waals surface area contributed by atoms with Crippen molar-refractivity contribution in [2.24, 2.45) is 0 Å². The monoisotopic (exact) mass is 1100 g/mol. The molecule has 70 heavy (non-hydrogen) atoms. The van der Waals surface area contributed by atoms with E-state index in [0.717, 1.165) is 76.7 Å². The van der Waals surface area contributed by atoms with Crippen LogP contribution in [0.25, 0.3) is 43.9 Å². The fourth-order valence-electron chi connectivity index (χ4n) is 8.04. The Labute approximate surface area is 418 Å². The molecule has 4 aromatic carbocycles. The molecule has 0 bridgehead atoms. The van der Waals surface area contributed by atoms with Crippen molar-refractivity contribution in [2.45, 2.75) is 78.6 Å². The number of phosphoric ester groups is 1. The number of imidazole rings is 2. The molecule has 0 fully saturated rings. The average molecular weight is 1100 g/mol. The Bertz CT molecular complexity index is 3290. The number of anilines is 2. The standard InChI is InChI=1S/C24H27BrN5O6P.C24H26BrN5O3/c1-2-3-4-20-29-22-23(30(20)13-15-10-16(6-8-19(15)31)36-37(33,34)35)17-9-14(12-27-21(32)11-25)5-7-18(17)28-24(22)26;1-2-3-4-20-29-22-23(30(20)13-15-10-16(31)6-8-19(15)32)17-9-14(12-27-21(33)11-25)5-7-18(17)28-24(22)26/h5-10,31H,2-4,11-13H2,1H3,(H2,26,28)(H,27,32)(H2,33,34,35);5-10,31-32H,2-4,11-13H2,1H3,(H2,26,28)(H,27,33). The largest absolute Gasteiger partial charge is 0.524 e. The van der Waals surface area contributed by atoms with E-state index >= 15 is 0 Å². The third-order valence-corrected chi connectivity index (χ3v) is 12.9. The highest BCUT2D eigenvalue weighted by Crippen LogP contribution is 2.40. The van der Waals surface area contributed by atoms with Crippen molar-refractivity contribution in [1.82, 2.24) is 39.7 Å². The smallest absolute Gasteiger partial charge is 0.508 e. The minimum Gasteiger partial charge on any atom is -0.508 e. The molecule has 0 aliphatic heterocycles. The van der Waals surface area contributed by atoms with Crippen molar-refractivity contribution in [1.29, 1.82) is 0 Å². The van der Waals surface area contributed by atoms with Crippen molar-refractivity contribution in [3.8, 4) is 23.0 Å². The zero-order chi connectivity index (χ0) is 50.3. The quantitative estimate of drug-likeness (QED) is 0.0226. The first-order chi connectivity index (χ1) is 33.5. The van der Waals surface area contributed by atoms with E-state index in [1.807, 2.05) is 45.5 Å². The van der Waals surface area contributed by atoms with Crippen LogP contribution >= 0.6 is 39.7 Å².